The van der Waals surface area contributed by atoms with Crippen LogP contribution < -0.4 is 37.0 Å². The molecule has 8 aromatic carbocycles. The Morgan fingerprint density at radius 2 is 0.952 bits per heavy atom. The van der Waals surface area contributed by atoms with Gasteiger partial charge in [-0.3, -0.25) is 30.0 Å². The zero-order valence-electron chi connectivity index (χ0n) is 35.8. The van der Waals surface area contributed by atoms with Crippen LogP contribution in [0.15, 0.2) is 180 Å². The van der Waals surface area contributed by atoms with E-state index in [4.69, 9.17) is 39.4 Å². The summed E-state index contributed by atoms with van der Waals surface area (Å²) >= 11 is 0. The largest absolute Gasteiger partial charge is 0.436 e. The molecule has 0 saturated heterocycles. The SMILES string of the molecule is CC1(C)N=c2cccc(N(c3ccc(-c4ccc(-c5nc6ccccc6o5)cc4)c4c3=NC(C)(C)N=4)c3ccc(-c4c5ccccc5cc5ccccc45)c4c3=NC(C)(C)N=4)c2=N1. The first-order chi connectivity index (χ1) is 30.4. The van der Waals surface area contributed by atoms with Gasteiger partial charge in [-0.05, 0) is 141 Å². The van der Waals surface area contributed by atoms with Gasteiger partial charge in [-0.25, -0.2) is 4.98 Å². The van der Waals surface area contributed by atoms with Crippen LogP contribution in [0.25, 0.3) is 66.4 Å². The number of rotatable bonds is 6. The van der Waals surface area contributed by atoms with E-state index in [1.54, 1.807) is 0 Å². The lowest BCUT2D eigenvalue weighted by atomic mass is 9.91. The Morgan fingerprint density at radius 3 is 1.62 bits per heavy atom. The number of hydrogen-bond acceptors (Lipinski definition) is 9. The highest BCUT2D eigenvalue weighted by atomic mass is 16.3. The van der Waals surface area contributed by atoms with E-state index in [1.165, 1.54) is 21.5 Å². The standard InChI is InChI=1S/C54H42N8O/c1-52(2)56-40-19-13-20-41(48(40)59-52)62(43-29-27-38(47-50(43)61-54(5,6)58-47)45-35-16-9-7-14-33(35)30-34-15-8-10-17-36(34)45)42-28-26-37(46-49(42)60-53(3,4)57-46)31-22-24-32(25-23-31)51-55-39-18-11-12-21-44(39)63-51/h7-30H,1-6H3. The summed E-state index contributed by atoms with van der Waals surface area (Å²) in [7, 11) is 0. The van der Waals surface area contributed by atoms with Crippen molar-refractivity contribution in [3.63, 3.8) is 0 Å². The van der Waals surface area contributed by atoms with E-state index in [0.717, 1.165) is 88.1 Å². The summed E-state index contributed by atoms with van der Waals surface area (Å²) in [4.78, 5) is 38.7. The molecule has 0 atom stereocenters. The van der Waals surface area contributed by atoms with Crippen LogP contribution in [0, 0.1) is 0 Å². The van der Waals surface area contributed by atoms with Gasteiger partial charge in [-0.15, -0.1) is 0 Å². The van der Waals surface area contributed by atoms with Crippen molar-refractivity contribution in [1.82, 2.24) is 4.98 Å². The van der Waals surface area contributed by atoms with Gasteiger partial charge in [-0.2, -0.15) is 0 Å². The molecule has 63 heavy (non-hydrogen) atoms. The maximum atomic E-state index is 6.11. The molecule has 304 valence electrons. The molecule has 12 rings (SSSR count). The summed E-state index contributed by atoms with van der Waals surface area (Å²) in [5, 5.41) is 9.63. The third-order valence-corrected chi connectivity index (χ3v) is 12.1. The molecule has 0 radical (unpaired) electrons. The summed E-state index contributed by atoms with van der Waals surface area (Å²) in [5.41, 5.74) is 7.26. The van der Waals surface area contributed by atoms with Crippen LogP contribution in [0.1, 0.15) is 41.5 Å². The minimum absolute atomic E-state index is 0.586. The molecule has 0 aliphatic carbocycles. The van der Waals surface area contributed by atoms with Crippen molar-refractivity contribution in [3.8, 4) is 33.7 Å². The Hall–Kier alpha value is -7.65. The molecule has 0 bridgehead atoms. The fraction of sp³-hybridized carbons (Fsp3) is 0.167. The number of benzene rings is 8. The van der Waals surface area contributed by atoms with Crippen LogP contribution >= 0.6 is 0 Å². The number of nitrogens with zero attached hydrogens (tertiary/aromatic N) is 8. The highest BCUT2D eigenvalue weighted by Crippen LogP contribution is 2.38. The molecular formula is C54H42N8O. The zero-order valence-corrected chi connectivity index (χ0v) is 35.8. The highest BCUT2D eigenvalue weighted by Gasteiger charge is 2.31. The zero-order chi connectivity index (χ0) is 42.8. The molecular weight excluding hydrogens is 777 g/mol. The second-order valence-corrected chi connectivity index (χ2v) is 18.1. The minimum Gasteiger partial charge on any atom is -0.436 e. The number of anilines is 3. The summed E-state index contributed by atoms with van der Waals surface area (Å²) in [5.74, 6) is 0.586. The molecule has 9 aromatic rings. The van der Waals surface area contributed by atoms with Crippen molar-refractivity contribution >= 4 is 49.7 Å². The molecule has 3 aliphatic heterocycles. The smallest absolute Gasteiger partial charge is 0.227 e. The minimum atomic E-state index is -0.711. The molecule has 0 unspecified atom stereocenters. The maximum absolute atomic E-state index is 6.11. The molecule has 3 aliphatic rings. The summed E-state index contributed by atoms with van der Waals surface area (Å²) in [6.45, 7) is 12.3. The van der Waals surface area contributed by atoms with Crippen molar-refractivity contribution in [2.24, 2.45) is 30.0 Å². The Kier molecular flexibility index (Phi) is 7.77. The first kappa shape index (κ1) is 37.1. The number of aromatic nitrogens is 1. The van der Waals surface area contributed by atoms with Gasteiger partial charge >= 0.3 is 0 Å². The van der Waals surface area contributed by atoms with Crippen LogP contribution in [-0.2, 0) is 0 Å². The lowest BCUT2D eigenvalue weighted by Gasteiger charge is -2.26. The first-order valence-electron chi connectivity index (χ1n) is 21.4. The van der Waals surface area contributed by atoms with E-state index in [1.807, 2.05) is 44.2 Å². The lowest BCUT2D eigenvalue weighted by Crippen LogP contribution is -2.38. The first-order valence-corrected chi connectivity index (χ1v) is 21.4. The predicted molar refractivity (Wildman–Crippen MR) is 249 cm³/mol. The van der Waals surface area contributed by atoms with Gasteiger partial charge in [-0.1, -0.05) is 78.9 Å². The third-order valence-electron chi connectivity index (χ3n) is 12.1. The van der Waals surface area contributed by atoms with Gasteiger partial charge in [0.2, 0.25) is 5.89 Å². The predicted octanol–water partition coefficient (Wildman–Crippen LogP) is 9.57. The van der Waals surface area contributed by atoms with E-state index in [0.29, 0.717) is 5.89 Å². The fourth-order valence-electron chi connectivity index (χ4n) is 9.50. The van der Waals surface area contributed by atoms with E-state index in [2.05, 4.69) is 148 Å². The normalized spacial score (nSPS) is 16.0. The van der Waals surface area contributed by atoms with Gasteiger partial charge in [0.15, 0.2) is 5.58 Å². The second kappa shape index (κ2) is 13.2. The van der Waals surface area contributed by atoms with E-state index in [-0.39, 0.29) is 0 Å². The van der Waals surface area contributed by atoms with Crippen LogP contribution in [0.3, 0.4) is 0 Å². The summed E-state index contributed by atoms with van der Waals surface area (Å²) in [6.07, 6.45) is 0. The van der Waals surface area contributed by atoms with Gasteiger partial charge in [0, 0.05) is 16.7 Å². The molecule has 0 spiro atoms. The van der Waals surface area contributed by atoms with Crippen molar-refractivity contribution in [3.05, 3.63) is 178 Å². The fourth-order valence-corrected chi connectivity index (χ4v) is 9.50. The number of fused-ring (bicyclic) bond motifs is 6. The average Bonchev–Trinajstić information content (AvgIpc) is 4.02. The maximum Gasteiger partial charge on any atom is 0.227 e. The molecule has 0 saturated carbocycles. The monoisotopic (exact) mass is 818 g/mol. The molecule has 0 N–H and O–H groups in total. The van der Waals surface area contributed by atoms with Crippen LogP contribution in [-0.4, -0.2) is 22.0 Å². The van der Waals surface area contributed by atoms with Gasteiger partial charge in [0.1, 0.15) is 38.6 Å². The molecule has 0 fully saturated rings. The molecule has 1 aromatic heterocycles. The molecule has 9 heteroatoms. The van der Waals surface area contributed by atoms with E-state index in [9.17, 15) is 0 Å². The van der Waals surface area contributed by atoms with Gasteiger partial charge in [0.25, 0.3) is 0 Å². The number of hydrogen-bond donors (Lipinski definition) is 0. The van der Waals surface area contributed by atoms with Gasteiger partial charge < -0.3 is 9.32 Å². The van der Waals surface area contributed by atoms with Gasteiger partial charge in [0.05, 0.1) is 33.1 Å². The molecule has 9 nitrogen and oxygen atoms in total. The Labute approximate surface area is 362 Å². The van der Waals surface area contributed by atoms with Crippen LogP contribution in [0.2, 0.25) is 0 Å². The van der Waals surface area contributed by atoms with Crippen molar-refractivity contribution in [2.75, 3.05) is 4.90 Å². The van der Waals surface area contributed by atoms with Crippen molar-refractivity contribution in [1.29, 1.82) is 0 Å². The quantitative estimate of drug-likeness (QED) is 0.156. The third kappa shape index (κ3) is 6.02. The Morgan fingerprint density at radius 1 is 0.429 bits per heavy atom. The van der Waals surface area contributed by atoms with E-state index >= 15 is 0 Å². The summed E-state index contributed by atoms with van der Waals surface area (Å²) < 4.78 is 6.11. The lowest BCUT2D eigenvalue weighted by molar-refractivity contribution is 0.549. The van der Waals surface area contributed by atoms with Crippen molar-refractivity contribution in [2.45, 2.75) is 58.5 Å². The Balaban J connectivity index is 1.10. The molecule has 0 amide bonds. The van der Waals surface area contributed by atoms with Crippen LogP contribution in [0.5, 0.6) is 0 Å². The topological polar surface area (TPSA) is 103 Å². The number of oxazole rings is 1. The number of para-hydroxylation sites is 3. The molecule has 4 heterocycles. The average molecular weight is 819 g/mol. The van der Waals surface area contributed by atoms with Crippen LogP contribution in [0.4, 0.5) is 17.1 Å². The van der Waals surface area contributed by atoms with E-state index < -0.39 is 17.0 Å². The Bertz CT molecular complexity index is 3760. The second-order valence-electron chi connectivity index (χ2n) is 18.1. The highest BCUT2D eigenvalue weighted by molar-refractivity contribution is 6.12. The summed E-state index contributed by atoms with van der Waals surface area (Å²) in [6, 6.07) is 50.6. The van der Waals surface area contributed by atoms with Crippen molar-refractivity contribution < 1.29 is 4.42 Å².